The van der Waals surface area contributed by atoms with Crippen LogP contribution in [0.25, 0.3) is 0 Å². The Morgan fingerprint density at radius 2 is 1.96 bits per heavy atom. The van der Waals surface area contributed by atoms with Crippen LogP contribution in [-0.2, 0) is 21.2 Å². The molecule has 0 radical (unpaired) electrons. The van der Waals surface area contributed by atoms with Crippen molar-refractivity contribution in [1.29, 1.82) is 0 Å². The molecule has 7 heteroatoms. The molecule has 2 aliphatic heterocycles. The van der Waals surface area contributed by atoms with Gasteiger partial charge in [-0.15, -0.1) is 0 Å². The van der Waals surface area contributed by atoms with E-state index in [4.69, 9.17) is 0 Å². The Labute approximate surface area is 145 Å². The Hall–Kier alpha value is -0.920. The highest BCUT2D eigenvalue weighted by Crippen LogP contribution is 2.22. The summed E-state index contributed by atoms with van der Waals surface area (Å²) in [6, 6.07) is 8.25. The predicted octanol–water partition coefficient (Wildman–Crippen LogP) is 1.53. The maximum absolute atomic E-state index is 12.4. The molecule has 1 aromatic carbocycles. The van der Waals surface area contributed by atoms with Gasteiger partial charge in [0.2, 0.25) is 5.91 Å². The molecule has 0 unspecified atom stereocenters. The Kier molecular flexibility index (Phi) is 5.08. The highest BCUT2D eigenvalue weighted by atomic mass is 79.9. The van der Waals surface area contributed by atoms with E-state index < -0.39 is 9.84 Å². The minimum atomic E-state index is -3.00. The second-order valence-corrected chi connectivity index (χ2v) is 9.48. The zero-order valence-electron chi connectivity index (χ0n) is 12.9. The summed E-state index contributed by atoms with van der Waals surface area (Å²) in [5.74, 6) is -0.110. The van der Waals surface area contributed by atoms with E-state index in [1.807, 2.05) is 17.0 Å². The highest BCUT2D eigenvalue weighted by molar-refractivity contribution is 9.10. The third-order valence-electron chi connectivity index (χ3n) is 4.56. The summed E-state index contributed by atoms with van der Waals surface area (Å²) in [5.41, 5.74) is 1.25. The standard InChI is InChI=1S/C16H21BrN2O3S/c17-15-3-1-2-13(10-15)11-18-5-7-19(8-6-18)16(20)14-4-9-23(21,22)12-14/h1-3,10,14H,4-9,11-12H2/t14-/m0/s1. The lowest BCUT2D eigenvalue weighted by Gasteiger charge is -2.35. The lowest BCUT2D eigenvalue weighted by atomic mass is 10.1. The molecular weight excluding hydrogens is 380 g/mol. The first-order valence-electron chi connectivity index (χ1n) is 7.89. The van der Waals surface area contributed by atoms with Crippen molar-refractivity contribution < 1.29 is 13.2 Å². The van der Waals surface area contributed by atoms with Crippen molar-refractivity contribution in [3.8, 4) is 0 Å². The number of hydrogen-bond donors (Lipinski definition) is 0. The van der Waals surface area contributed by atoms with Gasteiger partial charge in [-0.3, -0.25) is 9.69 Å². The summed E-state index contributed by atoms with van der Waals surface area (Å²) in [6.07, 6.45) is 0.486. The van der Waals surface area contributed by atoms with E-state index in [0.717, 1.165) is 24.1 Å². The molecule has 3 rings (SSSR count). The number of amides is 1. The minimum Gasteiger partial charge on any atom is -0.340 e. The van der Waals surface area contributed by atoms with Gasteiger partial charge in [-0.25, -0.2) is 8.42 Å². The molecule has 0 saturated carbocycles. The molecule has 2 saturated heterocycles. The minimum absolute atomic E-state index is 0.0215. The molecule has 0 aromatic heterocycles. The molecule has 0 aliphatic carbocycles. The van der Waals surface area contributed by atoms with Crippen LogP contribution in [0.3, 0.4) is 0 Å². The van der Waals surface area contributed by atoms with Crippen molar-refractivity contribution in [3.05, 3.63) is 34.3 Å². The number of piperazine rings is 1. The zero-order valence-corrected chi connectivity index (χ0v) is 15.4. The van der Waals surface area contributed by atoms with Crippen LogP contribution in [0, 0.1) is 5.92 Å². The van der Waals surface area contributed by atoms with E-state index in [1.165, 1.54) is 5.56 Å². The average Bonchev–Trinajstić information content (AvgIpc) is 2.87. The summed E-state index contributed by atoms with van der Waals surface area (Å²) in [4.78, 5) is 16.6. The van der Waals surface area contributed by atoms with Gasteiger partial charge in [-0.1, -0.05) is 28.1 Å². The van der Waals surface area contributed by atoms with Crippen molar-refractivity contribution in [2.75, 3.05) is 37.7 Å². The van der Waals surface area contributed by atoms with Crippen molar-refractivity contribution >= 4 is 31.7 Å². The fourth-order valence-corrected chi connectivity index (χ4v) is 5.45. The number of halogens is 1. The molecule has 1 atom stereocenters. The Bertz CT molecular complexity index is 684. The number of carbonyl (C=O) groups excluding carboxylic acids is 1. The summed E-state index contributed by atoms with van der Waals surface area (Å²) in [7, 11) is -3.00. The number of sulfone groups is 1. The van der Waals surface area contributed by atoms with Crippen LogP contribution in [0.5, 0.6) is 0 Å². The second kappa shape index (κ2) is 6.91. The van der Waals surface area contributed by atoms with Crippen LogP contribution in [0.4, 0.5) is 0 Å². The predicted molar refractivity (Wildman–Crippen MR) is 92.8 cm³/mol. The number of benzene rings is 1. The van der Waals surface area contributed by atoms with Crippen molar-refractivity contribution in [1.82, 2.24) is 9.80 Å². The van der Waals surface area contributed by atoms with Crippen LogP contribution in [0.15, 0.2) is 28.7 Å². The molecule has 1 aromatic rings. The summed E-state index contributed by atoms with van der Waals surface area (Å²) in [6.45, 7) is 3.90. The van der Waals surface area contributed by atoms with Gasteiger partial charge in [0, 0.05) is 37.2 Å². The molecule has 126 valence electrons. The van der Waals surface area contributed by atoms with Gasteiger partial charge < -0.3 is 4.90 Å². The van der Waals surface area contributed by atoms with Crippen LogP contribution < -0.4 is 0 Å². The molecule has 2 heterocycles. The third kappa shape index (κ3) is 4.33. The molecule has 5 nitrogen and oxygen atoms in total. The van der Waals surface area contributed by atoms with Gasteiger partial charge in [-0.05, 0) is 24.1 Å². The van der Waals surface area contributed by atoms with Gasteiger partial charge in [0.25, 0.3) is 0 Å². The summed E-state index contributed by atoms with van der Waals surface area (Å²) >= 11 is 3.48. The van der Waals surface area contributed by atoms with Gasteiger partial charge in [0.1, 0.15) is 0 Å². The smallest absolute Gasteiger partial charge is 0.226 e. The first-order valence-corrected chi connectivity index (χ1v) is 10.5. The SMILES string of the molecule is O=C([C@H]1CCS(=O)(=O)C1)N1CCN(Cc2cccc(Br)c2)CC1. The maximum Gasteiger partial charge on any atom is 0.226 e. The number of hydrogen-bond acceptors (Lipinski definition) is 4. The lowest BCUT2D eigenvalue weighted by molar-refractivity contribution is -0.136. The molecule has 0 N–H and O–H groups in total. The Balaban J connectivity index is 1.51. The van der Waals surface area contributed by atoms with Gasteiger partial charge >= 0.3 is 0 Å². The van der Waals surface area contributed by atoms with E-state index in [1.54, 1.807) is 0 Å². The number of carbonyl (C=O) groups is 1. The molecule has 1 amide bonds. The highest BCUT2D eigenvalue weighted by Gasteiger charge is 2.36. The van der Waals surface area contributed by atoms with Gasteiger partial charge in [0.05, 0.1) is 17.4 Å². The first-order chi connectivity index (χ1) is 10.9. The monoisotopic (exact) mass is 400 g/mol. The maximum atomic E-state index is 12.4. The van der Waals surface area contributed by atoms with Crippen LogP contribution >= 0.6 is 15.9 Å². The normalized spacial score (nSPS) is 24.7. The fraction of sp³-hybridized carbons (Fsp3) is 0.562. The van der Waals surface area contributed by atoms with Crippen LogP contribution in [0.1, 0.15) is 12.0 Å². The van der Waals surface area contributed by atoms with E-state index in [0.29, 0.717) is 19.5 Å². The van der Waals surface area contributed by atoms with Gasteiger partial charge in [0.15, 0.2) is 9.84 Å². The largest absolute Gasteiger partial charge is 0.340 e. The number of rotatable bonds is 3. The van der Waals surface area contributed by atoms with Crippen LogP contribution in [-0.4, -0.2) is 61.8 Å². The van der Waals surface area contributed by atoms with Gasteiger partial charge in [-0.2, -0.15) is 0 Å². The molecule has 0 bridgehead atoms. The molecule has 2 aliphatic rings. The van der Waals surface area contributed by atoms with E-state index in [-0.39, 0.29) is 23.3 Å². The van der Waals surface area contributed by atoms with Crippen LogP contribution in [0.2, 0.25) is 0 Å². The van der Waals surface area contributed by atoms with E-state index >= 15 is 0 Å². The first kappa shape index (κ1) is 16.9. The van der Waals surface area contributed by atoms with Crippen molar-refractivity contribution in [3.63, 3.8) is 0 Å². The average molecular weight is 401 g/mol. The molecule has 2 fully saturated rings. The second-order valence-electron chi connectivity index (χ2n) is 6.33. The third-order valence-corrected chi connectivity index (χ3v) is 6.82. The fourth-order valence-electron chi connectivity index (χ4n) is 3.27. The number of nitrogens with zero attached hydrogens (tertiary/aromatic N) is 2. The molecule has 0 spiro atoms. The quantitative estimate of drug-likeness (QED) is 0.771. The molecule has 23 heavy (non-hydrogen) atoms. The Morgan fingerprint density at radius 1 is 1.22 bits per heavy atom. The van der Waals surface area contributed by atoms with Crippen molar-refractivity contribution in [2.24, 2.45) is 5.92 Å². The summed E-state index contributed by atoms with van der Waals surface area (Å²) in [5, 5.41) is 0. The van der Waals surface area contributed by atoms with E-state index in [9.17, 15) is 13.2 Å². The van der Waals surface area contributed by atoms with Crippen molar-refractivity contribution in [2.45, 2.75) is 13.0 Å². The van der Waals surface area contributed by atoms with E-state index in [2.05, 4.69) is 33.0 Å². The summed E-state index contributed by atoms with van der Waals surface area (Å²) < 4.78 is 24.1. The lowest BCUT2D eigenvalue weighted by Crippen LogP contribution is -2.50. The molecular formula is C16H21BrN2O3S. The Morgan fingerprint density at radius 3 is 2.57 bits per heavy atom. The topological polar surface area (TPSA) is 57.7 Å². The zero-order chi connectivity index (χ0) is 16.4.